The molecule has 0 spiro atoms. The highest BCUT2D eigenvalue weighted by molar-refractivity contribution is 5.91. The van der Waals surface area contributed by atoms with Gasteiger partial charge in [0.15, 0.2) is 5.96 Å². The van der Waals surface area contributed by atoms with Gasteiger partial charge in [-0.3, -0.25) is 14.9 Å². The molecule has 7 N–H and O–H groups in total. The number of carbonyl (C=O) groups excluding carboxylic acids is 2. The van der Waals surface area contributed by atoms with Crippen LogP contribution in [0.4, 0.5) is 4.39 Å². The van der Waals surface area contributed by atoms with Crippen LogP contribution >= 0.6 is 0 Å². The van der Waals surface area contributed by atoms with Crippen molar-refractivity contribution in [2.75, 3.05) is 20.1 Å². The van der Waals surface area contributed by atoms with Gasteiger partial charge in [0.25, 0.3) is 0 Å². The Kier molecular flexibility index (Phi) is 10.3. The molecule has 0 radical (unpaired) electrons. The first-order valence-electron chi connectivity index (χ1n) is 14.1. The summed E-state index contributed by atoms with van der Waals surface area (Å²) >= 11 is 0. The summed E-state index contributed by atoms with van der Waals surface area (Å²) < 4.78 is 13.3. The first-order chi connectivity index (χ1) is 19.8. The molecule has 218 valence electrons. The van der Waals surface area contributed by atoms with Gasteiger partial charge in [-0.25, -0.2) is 9.38 Å². The summed E-state index contributed by atoms with van der Waals surface area (Å²) in [6, 6.07) is 18.5. The van der Waals surface area contributed by atoms with Gasteiger partial charge in [0.2, 0.25) is 11.8 Å². The Bertz CT molecular complexity index is 1360. The van der Waals surface area contributed by atoms with E-state index in [1.165, 1.54) is 12.1 Å². The Morgan fingerprint density at radius 1 is 1.10 bits per heavy atom. The molecule has 4 atom stereocenters. The lowest BCUT2D eigenvalue weighted by Crippen LogP contribution is -2.57. The maximum Gasteiger partial charge on any atom is 0.242 e. The first kappa shape index (κ1) is 30.0. The number of guanidine groups is 1. The second-order valence-corrected chi connectivity index (χ2v) is 10.5. The number of nitrogens with one attached hydrogen (secondary N) is 3. The molecule has 1 heterocycles. The van der Waals surface area contributed by atoms with Crippen LogP contribution in [0.1, 0.15) is 30.9 Å². The molecule has 1 fully saturated rings. The fourth-order valence-corrected chi connectivity index (χ4v) is 5.42. The van der Waals surface area contributed by atoms with Gasteiger partial charge in [0.1, 0.15) is 17.9 Å². The van der Waals surface area contributed by atoms with Crippen LogP contribution in [-0.4, -0.2) is 67.0 Å². The van der Waals surface area contributed by atoms with Crippen LogP contribution in [-0.2, 0) is 22.6 Å². The SMILES string of the molecule is CCC(N=C(N)N)[C@@H]1N[C@@H](CNCc2ccc(F)cc2)CCN([C@@H](Cc2ccc3ccccc3c2)C(=O)NC)C1=O. The summed E-state index contributed by atoms with van der Waals surface area (Å²) in [6.07, 6.45) is 1.51. The molecule has 1 aliphatic rings. The van der Waals surface area contributed by atoms with E-state index in [1.807, 2.05) is 43.3 Å². The molecule has 1 saturated heterocycles. The van der Waals surface area contributed by atoms with Crippen LogP contribution in [0.25, 0.3) is 10.8 Å². The number of likely N-dealkylation sites (N-methyl/N-ethyl adjacent to an activating group) is 1. The third-order valence-electron chi connectivity index (χ3n) is 7.60. The molecule has 3 aromatic rings. The Morgan fingerprint density at radius 3 is 2.49 bits per heavy atom. The highest BCUT2D eigenvalue weighted by Gasteiger charge is 2.40. The van der Waals surface area contributed by atoms with E-state index in [4.69, 9.17) is 11.5 Å². The van der Waals surface area contributed by atoms with Gasteiger partial charge in [0, 0.05) is 39.1 Å². The highest BCUT2D eigenvalue weighted by atomic mass is 19.1. The standard InChI is InChI=1S/C31H40FN7O2/c1-3-26(38-31(33)34)28-30(41)39(15-14-25(37-28)19-36-18-20-9-12-24(32)13-10-20)27(29(40)35-2)17-21-8-11-22-6-4-5-7-23(22)16-21/h4-13,16,25-28,36-37H,3,14-15,17-19H2,1-2H3,(H,35,40)(H4,33,34,38)/t25-,26?,27+,28+/m1/s1. The van der Waals surface area contributed by atoms with Crippen molar-refractivity contribution in [2.24, 2.45) is 16.5 Å². The Balaban J connectivity index is 1.58. The van der Waals surface area contributed by atoms with E-state index in [0.29, 0.717) is 38.9 Å². The van der Waals surface area contributed by atoms with Crippen molar-refractivity contribution in [1.82, 2.24) is 20.9 Å². The van der Waals surface area contributed by atoms with Crippen molar-refractivity contribution in [3.63, 3.8) is 0 Å². The van der Waals surface area contributed by atoms with Crippen LogP contribution in [0, 0.1) is 5.82 Å². The van der Waals surface area contributed by atoms with E-state index >= 15 is 0 Å². The van der Waals surface area contributed by atoms with Gasteiger partial charge in [-0.15, -0.1) is 0 Å². The minimum Gasteiger partial charge on any atom is -0.370 e. The van der Waals surface area contributed by atoms with Gasteiger partial charge < -0.3 is 27.0 Å². The average Bonchev–Trinajstić information content (AvgIpc) is 3.13. The van der Waals surface area contributed by atoms with Gasteiger partial charge >= 0.3 is 0 Å². The highest BCUT2D eigenvalue weighted by Crippen LogP contribution is 2.22. The summed E-state index contributed by atoms with van der Waals surface area (Å²) in [5, 5.41) is 11.8. The predicted octanol–water partition coefficient (Wildman–Crippen LogP) is 2.04. The van der Waals surface area contributed by atoms with E-state index in [9.17, 15) is 14.0 Å². The summed E-state index contributed by atoms with van der Waals surface area (Å²) in [5.41, 5.74) is 13.4. The topological polar surface area (TPSA) is 138 Å². The van der Waals surface area contributed by atoms with Gasteiger partial charge in [0.05, 0.1) is 6.04 Å². The van der Waals surface area contributed by atoms with Gasteiger partial charge in [-0.05, 0) is 46.9 Å². The molecule has 9 nitrogen and oxygen atoms in total. The average molecular weight is 562 g/mol. The van der Waals surface area contributed by atoms with E-state index in [0.717, 1.165) is 21.9 Å². The van der Waals surface area contributed by atoms with Crippen LogP contribution in [0.5, 0.6) is 0 Å². The maximum absolute atomic E-state index is 14.1. The minimum absolute atomic E-state index is 0.0905. The number of hydrogen-bond acceptors (Lipinski definition) is 5. The fraction of sp³-hybridized carbons (Fsp3) is 0.387. The molecule has 2 amide bonds. The smallest absolute Gasteiger partial charge is 0.242 e. The molecular weight excluding hydrogens is 521 g/mol. The van der Waals surface area contributed by atoms with Crippen LogP contribution in [0.15, 0.2) is 71.7 Å². The van der Waals surface area contributed by atoms with Crippen molar-refractivity contribution >= 4 is 28.5 Å². The molecule has 0 bridgehead atoms. The largest absolute Gasteiger partial charge is 0.370 e. The normalized spacial score (nSPS) is 18.9. The van der Waals surface area contributed by atoms with E-state index in [-0.39, 0.29) is 29.6 Å². The molecule has 1 aliphatic heterocycles. The van der Waals surface area contributed by atoms with E-state index in [2.05, 4.69) is 27.0 Å². The predicted molar refractivity (Wildman–Crippen MR) is 161 cm³/mol. The number of fused-ring (bicyclic) bond motifs is 1. The lowest BCUT2D eigenvalue weighted by molar-refractivity contribution is -0.141. The summed E-state index contributed by atoms with van der Waals surface area (Å²) in [7, 11) is 1.59. The number of carbonyl (C=O) groups is 2. The van der Waals surface area contributed by atoms with Crippen molar-refractivity contribution < 1.29 is 14.0 Å². The number of nitrogens with zero attached hydrogens (tertiary/aromatic N) is 2. The second kappa shape index (κ2) is 14.0. The maximum atomic E-state index is 14.1. The third-order valence-corrected chi connectivity index (χ3v) is 7.60. The fourth-order valence-electron chi connectivity index (χ4n) is 5.42. The number of nitrogens with two attached hydrogens (primary N) is 2. The zero-order chi connectivity index (χ0) is 29.4. The number of aliphatic imine (C=N–C) groups is 1. The first-order valence-corrected chi connectivity index (χ1v) is 14.1. The molecule has 0 aliphatic carbocycles. The van der Waals surface area contributed by atoms with Crippen molar-refractivity contribution in [1.29, 1.82) is 0 Å². The Labute approximate surface area is 240 Å². The van der Waals surface area contributed by atoms with Crippen molar-refractivity contribution in [3.05, 3.63) is 83.7 Å². The third kappa shape index (κ3) is 7.80. The van der Waals surface area contributed by atoms with Gasteiger partial charge in [-0.2, -0.15) is 0 Å². The van der Waals surface area contributed by atoms with Gasteiger partial charge in [-0.1, -0.05) is 61.5 Å². The van der Waals surface area contributed by atoms with Crippen LogP contribution in [0.2, 0.25) is 0 Å². The lowest BCUT2D eigenvalue weighted by atomic mass is 9.98. The van der Waals surface area contributed by atoms with Crippen LogP contribution in [0.3, 0.4) is 0 Å². The minimum atomic E-state index is -0.717. The Hall–Kier alpha value is -4.02. The van der Waals surface area contributed by atoms with E-state index < -0.39 is 18.1 Å². The molecule has 10 heteroatoms. The monoisotopic (exact) mass is 561 g/mol. The molecule has 3 aromatic carbocycles. The summed E-state index contributed by atoms with van der Waals surface area (Å²) in [5.74, 6) is -0.808. The second-order valence-electron chi connectivity index (χ2n) is 10.5. The quantitative estimate of drug-likeness (QED) is 0.179. The number of amides is 2. The molecule has 0 aromatic heterocycles. The lowest BCUT2D eigenvalue weighted by Gasteiger charge is -2.33. The molecule has 4 rings (SSSR count). The number of rotatable bonds is 11. The zero-order valence-corrected chi connectivity index (χ0v) is 23.6. The van der Waals surface area contributed by atoms with E-state index in [1.54, 1.807) is 24.1 Å². The summed E-state index contributed by atoms with van der Waals surface area (Å²) in [4.78, 5) is 33.4. The molecule has 1 unspecified atom stereocenters. The number of halogens is 1. The molecule has 41 heavy (non-hydrogen) atoms. The molecule has 0 saturated carbocycles. The van der Waals surface area contributed by atoms with Crippen molar-refractivity contribution in [2.45, 2.75) is 56.9 Å². The zero-order valence-electron chi connectivity index (χ0n) is 23.6. The number of benzene rings is 3. The molecular formula is C31H40FN7O2. The Morgan fingerprint density at radius 2 is 1.80 bits per heavy atom. The number of hydrogen-bond donors (Lipinski definition) is 5. The summed E-state index contributed by atoms with van der Waals surface area (Å²) in [6.45, 7) is 3.42. The van der Waals surface area contributed by atoms with Crippen molar-refractivity contribution in [3.8, 4) is 0 Å². The van der Waals surface area contributed by atoms with Crippen LogP contribution < -0.4 is 27.4 Å².